The topological polar surface area (TPSA) is 32.8 Å². The first-order chi connectivity index (χ1) is 9.08. The van der Waals surface area contributed by atoms with Crippen molar-refractivity contribution >= 4 is 6.09 Å². The fourth-order valence-electron chi connectivity index (χ4n) is 2.95. The van der Waals surface area contributed by atoms with Crippen LogP contribution in [-0.4, -0.2) is 47.7 Å². The van der Waals surface area contributed by atoms with Crippen molar-refractivity contribution in [2.75, 3.05) is 13.7 Å². The number of hydrogen-bond acceptors (Lipinski definition) is 3. The van der Waals surface area contributed by atoms with E-state index in [1.54, 1.807) is 0 Å². The van der Waals surface area contributed by atoms with Gasteiger partial charge in [0.15, 0.2) is 0 Å². The molecule has 1 aliphatic rings. The summed E-state index contributed by atoms with van der Waals surface area (Å²) in [7, 11) is 2.07. The van der Waals surface area contributed by atoms with Crippen LogP contribution in [0.25, 0.3) is 0 Å². The first-order valence-electron chi connectivity index (χ1n) is 7.38. The van der Waals surface area contributed by atoms with Crippen molar-refractivity contribution in [1.29, 1.82) is 0 Å². The molecule has 0 bridgehead atoms. The van der Waals surface area contributed by atoms with Gasteiger partial charge in [-0.2, -0.15) is 0 Å². The molecule has 1 heterocycles. The van der Waals surface area contributed by atoms with Crippen molar-refractivity contribution in [1.82, 2.24) is 9.80 Å². The molecule has 1 fully saturated rings. The molecule has 1 rings (SSSR count). The van der Waals surface area contributed by atoms with Gasteiger partial charge in [-0.25, -0.2) is 4.79 Å². The van der Waals surface area contributed by atoms with Crippen molar-refractivity contribution in [3.63, 3.8) is 0 Å². The summed E-state index contributed by atoms with van der Waals surface area (Å²) in [5.41, 5.74) is 0. The lowest BCUT2D eigenvalue weighted by atomic mass is 9.88. The Labute approximate surface area is 117 Å². The Bertz CT molecular complexity index is 293. The molecule has 0 aromatic rings. The molecule has 0 saturated carbocycles. The largest absolute Gasteiger partial charge is 0.450 e. The number of likely N-dealkylation sites (tertiary alicyclic amines) is 1. The average Bonchev–Trinajstić information content (AvgIpc) is 2.44. The Morgan fingerprint density at radius 1 is 1.32 bits per heavy atom. The predicted octanol–water partition coefficient (Wildman–Crippen LogP) is 3.24. The molecule has 4 heteroatoms. The lowest BCUT2D eigenvalue weighted by molar-refractivity contribution is 0.0244. The summed E-state index contributed by atoms with van der Waals surface area (Å²) in [6.07, 6.45) is 5.65. The molecule has 0 N–H and O–H groups in total. The smallest absolute Gasteiger partial charge is 0.410 e. The van der Waals surface area contributed by atoms with Crippen LogP contribution in [0.15, 0.2) is 12.8 Å². The van der Waals surface area contributed by atoms with Crippen LogP contribution >= 0.6 is 0 Å². The van der Waals surface area contributed by atoms with Crippen molar-refractivity contribution < 1.29 is 9.53 Å². The summed E-state index contributed by atoms with van der Waals surface area (Å²) >= 11 is 0. The quantitative estimate of drug-likeness (QED) is 0.767. The maximum absolute atomic E-state index is 12.2. The van der Waals surface area contributed by atoms with Gasteiger partial charge in [0.1, 0.15) is 0 Å². The van der Waals surface area contributed by atoms with E-state index in [0.717, 1.165) is 25.7 Å². The first kappa shape index (κ1) is 15.9. The number of nitrogens with zero attached hydrogens (tertiary/aromatic N) is 2. The number of hydrogen-bond donors (Lipinski definition) is 0. The molecule has 2 atom stereocenters. The van der Waals surface area contributed by atoms with Crippen LogP contribution in [0.5, 0.6) is 0 Å². The summed E-state index contributed by atoms with van der Waals surface area (Å²) < 4.78 is 5.22. The second-order valence-corrected chi connectivity index (χ2v) is 5.20. The van der Waals surface area contributed by atoms with Crippen LogP contribution in [0.4, 0.5) is 4.79 Å². The van der Waals surface area contributed by atoms with Gasteiger partial charge in [0.05, 0.1) is 6.61 Å². The minimum Gasteiger partial charge on any atom is -0.450 e. The predicted molar refractivity (Wildman–Crippen MR) is 78.0 cm³/mol. The van der Waals surface area contributed by atoms with Gasteiger partial charge in [-0.15, -0.1) is 0 Å². The third-order valence-corrected chi connectivity index (χ3v) is 4.16. The Morgan fingerprint density at radius 2 is 1.84 bits per heavy atom. The van der Waals surface area contributed by atoms with E-state index in [4.69, 9.17) is 4.74 Å². The summed E-state index contributed by atoms with van der Waals surface area (Å²) in [4.78, 5) is 16.3. The lowest BCUT2D eigenvalue weighted by Crippen LogP contribution is -2.55. The summed E-state index contributed by atoms with van der Waals surface area (Å²) in [6.45, 7) is 10.4. The molecular weight excluding hydrogens is 240 g/mol. The standard InChI is InChI=1S/C15H28N2O2/c1-6-12-10-14(16(5)8-3)11-13(7-2)17(12)15(18)19-9-4/h8,12-14H,3,6-7,9-11H2,1-2,4-5H3. The minimum absolute atomic E-state index is 0.152. The van der Waals surface area contributed by atoms with Gasteiger partial charge < -0.3 is 14.5 Å². The number of piperidine rings is 1. The second-order valence-electron chi connectivity index (χ2n) is 5.20. The molecule has 0 spiro atoms. The van der Waals surface area contributed by atoms with Crippen LogP contribution < -0.4 is 0 Å². The molecule has 0 aromatic carbocycles. The van der Waals surface area contributed by atoms with Crippen LogP contribution in [0, 0.1) is 0 Å². The van der Waals surface area contributed by atoms with E-state index in [1.165, 1.54) is 0 Å². The van der Waals surface area contributed by atoms with E-state index in [2.05, 4.69) is 32.4 Å². The molecule has 0 aromatic heterocycles. The van der Waals surface area contributed by atoms with Crippen LogP contribution in [0.3, 0.4) is 0 Å². The minimum atomic E-state index is -0.152. The first-order valence-corrected chi connectivity index (χ1v) is 7.38. The molecule has 4 nitrogen and oxygen atoms in total. The van der Waals surface area contributed by atoms with Crippen molar-refractivity contribution in [3.05, 3.63) is 12.8 Å². The third kappa shape index (κ3) is 3.64. The number of amides is 1. The Kier molecular flexibility index (Phi) is 6.19. The van der Waals surface area contributed by atoms with Crippen LogP contribution in [-0.2, 0) is 4.74 Å². The Hall–Kier alpha value is -1.19. The highest BCUT2D eigenvalue weighted by Crippen LogP contribution is 2.30. The van der Waals surface area contributed by atoms with E-state index in [1.807, 2.05) is 18.0 Å². The molecule has 0 aliphatic carbocycles. The van der Waals surface area contributed by atoms with E-state index in [-0.39, 0.29) is 18.2 Å². The SMILES string of the molecule is C=CN(C)C1CC(CC)N(C(=O)OCC)C(CC)C1. The molecular formula is C15H28N2O2. The maximum atomic E-state index is 12.2. The fraction of sp³-hybridized carbons (Fsp3) is 0.800. The molecule has 19 heavy (non-hydrogen) atoms. The van der Waals surface area contributed by atoms with E-state index >= 15 is 0 Å². The van der Waals surface area contributed by atoms with Crippen molar-refractivity contribution in [3.8, 4) is 0 Å². The van der Waals surface area contributed by atoms with E-state index in [0.29, 0.717) is 12.6 Å². The molecule has 1 aliphatic heterocycles. The molecule has 0 radical (unpaired) electrons. The van der Waals surface area contributed by atoms with Gasteiger partial charge >= 0.3 is 6.09 Å². The molecule has 1 saturated heterocycles. The fourth-order valence-corrected chi connectivity index (χ4v) is 2.95. The van der Waals surface area contributed by atoms with Crippen LogP contribution in [0.2, 0.25) is 0 Å². The third-order valence-electron chi connectivity index (χ3n) is 4.16. The maximum Gasteiger partial charge on any atom is 0.410 e. The van der Waals surface area contributed by atoms with Crippen LogP contribution in [0.1, 0.15) is 46.5 Å². The summed E-state index contributed by atoms with van der Waals surface area (Å²) in [6, 6.07) is 1.01. The second kappa shape index (κ2) is 7.41. The van der Waals surface area contributed by atoms with Gasteiger partial charge in [-0.3, -0.25) is 0 Å². The van der Waals surface area contributed by atoms with E-state index < -0.39 is 0 Å². The highest BCUT2D eigenvalue weighted by molar-refractivity contribution is 5.68. The number of carbonyl (C=O) groups excluding carboxylic acids is 1. The zero-order valence-corrected chi connectivity index (χ0v) is 12.8. The zero-order valence-electron chi connectivity index (χ0n) is 12.8. The summed E-state index contributed by atoms with van der Waals surface area (Å²) in [5.74, 6) is 0. The number of ether oxygens (including phenoxy) is 1. The van der Waals surface area contributed by atoms with E-state index in [9.17, 15) is 4.79 Å². The molecule has 110 valence electrons. The monoisotopic (exact) mass is 268 g/mol. The molecule has 1 amide bonds. The average molecular weight is 268 g/mol. The molecule has 2 unspecified atom stereocenters. The van der Waals surface area contributed by atoms with Gasteiger partial charge in [-0.05, 0) is 38.8 Å². The lowest BCUT2D eigenvalue weighted by Gasteiger charge is -2.46. The Morgan fingerprint density at radius 3 is 2.21 bits per heavy atom. The Balaban J connectivity index is 2.86. The number of rotatable bonds is 5. The van der Waals surface area contributed by atoms with Gasteiger partial charge in [0.25, 0.3) is 0 Å². The highest BCUT2D eigenvalue weighted by Gasteiger charge is 2.38. The highest BCUT2D eigenvalue weighted by atomic mass is 16.6. The normalized spacial score (nSPS) is 26.9. The van der Waals surface area contributed by atoms with Gasteiger partial charge in [0.2, 0.25) is 0 Å². The van der Waals surface area contributed by atoms with Crippen molar-refractivity contribution in [2.45, 2.75) is 64.6 Å². The number of carbonyl (C=O) groups is 1. The summed E-state index contributed by atoms with van der Waals surface area (Å²) in [5, 5.41) is 0. The zero-order chi connectivity index (χ0) is 14.4. The van der Waals surface area contributed by atoms with Gasteiger partial charge in [0, 0.05) is 25.2 Å². The van der Waals surface area contributed by atoms with Gasteiger partial charge in [-0.1, -0.05) is 20.4 Å². The van der Waals surface area contributed by atoms with Crippen molar-refractivity contribution in [2.24, 2.45) is 0 Å².